The lowest BCUT2D eigenvalue weighted by atomic mass is 10.1. The number of carbonyl (C=O) groups excluding carboxylic acids is 1. The summed E-state index contributed by atoms with van der Waals surface area (Å²) < 4.78 is 6.37. The van der Waals surface area contributed by atoms with Crippen molar-refractivity contribution in [2.75, 3.05) is 12.5 Å². The molecule has 2 nitrogen and oxygen atoms in total. The first-order chi connectivity index (χ1) is 8.26. The Morgan fingerprint density at radius 2 is 2.12 bits per heavy atom. The maximum absolute atomic E-state index is 12.2. The Morgan fingerprint density at radius 3 is 2.71 bits per heavy atom. The van der Waals surface area contributed by atoms with E-state index in [4.69, 9.17) is 4.42 Å². The van der Waals surface area contributed by atoms with Gasteiger partial charge in [0.25, 0.3) is 0 Å². The van der Waals surface area contributed by atoms with Crippen molar-refractivity contribution in [1.29, 1.82) is 0 Å². The van der Waals surface area contributed by atoms with Gasteiger partial charge in [0.2, 0.25) is 0 Å². The van der Waals surface area contributed by atoms with Gasteiger partial charge in [0.1, 0.15) is 5.76 Å². The molecule has 0 spiro atoms. The highest BCUT2D eigenvalue weighted by molar-refractivity contribution is 8.21. The van der Waals surface area contributed by atoms with Crippen LogP contribution in [0.2, 0.25) is 0 Å². The summed E-state index contributed by atoms with van der Waals surface area (Å²) in [5.41, 5.74) is 1.82. The average Bonchev–Trinajstić information content (AvgIpc) is 2.95. The van der Waals surface area contributed by atoms with Crippen LogP contribution in [0.15, 0.2) is 38.2 Å². The second-order valence-electron chi connectivity index (χ2n) is 3.69. The van der Waals surface area contributed by atoms with Crippen LogP contribution in [0, 0.1) is 0 Å². The van der Waals surface area contributed by atoms with Crippen LogP contribution in [0.1, 0.15) is 18.6 Å². The van der Waals surface area contributed by atoms with Crippen LogP contribution in [-0.4, -0.2) is 18.3 Å². The molecule has 1 aliphatic carbocycles. The maximum Gasteiger partial charge on any atom is 0.186 e. The minimum absolute atomic E-state index is 0.181. The predicted octanol–water partition coefficient (Wildman–Crippen LogP) is 3.96. The highest BCUT2D eigenvalue weighted by Gasteiger charge is 2.26. The van der Waals surface area contributed by atoms with Crippen molar-refractivity contribution in [1.82, 2.24) is 0 Å². The fraction of sp³-hybridized carbons (Fsp3) is 0.308. The van der Waals surface area contributed by atoms with Crippen molar-refractivity contribution in [2.24, 2.45) is 0 Å². The van der Waals surface area contributed by atoms with Gasteiger partial charge in [-0.2, -0.15) is 0 Å². The molecule has 1 saturated carbocycles. The fourth-order valence-corrected chi connectivity index (χ4v) is 3.44. The standard InChI is InChI=1S/C13H14O2S2/c1-16-13(17-2)11-6-5-9(12(11)14)8-10-4-3-7-15-10/h3-4,7-8H,5-6H2,1-2H3. The third kappa shape index (κ3) is 2.69. The van der Waals surface area contributed by atoms with Crippen LogP contribution < -0.4 is 0 Å². The van der Waals surface area contributed by atoms with Gasteiger partial charge in [-0.3, -0.25) is 4.79 Å². The first-order valence-corrected chi connectivity index (χ1v) is 7.81. The van der Waals surface area contributed by atoms with Gasteiger partial charge in [-0.25, -0.2) is 0 Å². The lowest BCUT2D eigenvalue weighted by Crippen LogP contribution is -1.97. The predicted molar refractivity (Wildman–Crippen MR) is 75.0 cm³/mol. The molecule has 0 atom stereocenters. The van der Waals surface area contributed by atoms with Crippen LogP contribution in [0.25, 0.3) is 6.08 Å². The smallest absolute Gasteiger partial charge is 0.186 e. The van der Waals surface area contributed by atoms with Gasteiger partial charge < -0.3 is 4.42 Å². The molecule has 1 aliphatic rings. The minimum atomic E-state index is 0.181. The van der Waals surface area contributed by atoms with Gasteiger partial charge in [0, 0.05) is 15.4 Å². The summed E-state index contributed by atoms with van der Waals surface area (Å²) in [5.74, 6) is 0.935. The second kappa shape index (κ2) is 5.65. The molecule has 1 heterocycles. The van der Waals surface area contributed by atoms with E-state index >= 15 is 0 Å². The normalized spacial score (nSPS) is 18.1. The van der Waals surface area contributed by atoms with Crippen LogP contribution in [-0.2, 0) is 4.79 Å². The Bertz CT molecular complexity index is 464. The quantitative estimate of drug-likeness (QED) is 0.775. The minimum Gasteiger partial charge on any atom is -0.465 e. The Labute approximate surface area is 110 Å². The SMILES string of the molecule is CSC(SC)=C1CCC(=Cc2ccco2)C1=O. The van der Waals surface area contributed by atoms with E-state index in [2.05, 4.69) is 0 Å². The van der Waals surface area contributed by atoms with Crippen molar-refractivity contribution in [3.05, 3.63) is 39.5 Å². The molecule has 0 aromatic carbocycles. The van der Waals surface area contributed by atoms with Gasteiger partial charge >= 0.3 is 0 Å². The average molecular weight is 266 g/mol. The van der Waals surface area contributed by atoms with E-state index in [1.165, 1.54) is 0 Å². The van der Waals surface area contributed by atoms with E-state index in [0.717, 1.165) is 34.0 Å². The van der Waals surface area contributed by atoms with Gasteiger partial charge in [0.05, 0.1) is 6.26 Å². The molecule has 0 saturated heterocycles. The number of hydrogen-bond donors (Lipinski definition) is 0. The van der Waals surface area contributed by atoms with Crippen LogP contribution in [0.3, 0.4) is 0 Å². The lowest BCUT2D eigenvalue weighted by Gasteiger charge is -2.02. The molecule has 17 heavy (non-hydrogen) atoms. The summed E-state index contributed by atoms with van der Waals surface area (Å²) in [4.78, 5) is 12.2. The fourth-order valence-electron chi connectivity index (χ4n) is 1.89. The second-order valence-corrected chi connectivity index (χ2v) is 5.58. The highest BCUT2D eigenvalue weighted by Crippen LogP contribution is 2.37. The zero-order valence-corrected chi connectivity index (χ0v) is 11.5. The van der Waals surface area contributed by atoms with Crippen LogP contribution in [0.5, 0.6) is 0 Å². The van der Waals surface area contributed by atoms with E-state index in [1.807, 2.05) is 30.7 Å². The Morgan fingerprint density at radius 1 is 1.35 bits per heavy atom. The first kappa shape index (κ1) is 12.6. The van der Waals surface area contributed by atoms with Crippen molar-refractivity contribution >= 4 is 35.4 Å². The van der Waals surface area contributed by atoms with Crippen molar-refractivity contribution in [3.8, 4) is 0 Å². The molecule has 1 aromatic rings. The number of rotatable bonds is 3. The highest BCUT2D eigenvalue weighted by atomic mass is 32.2. The van der Waals surface area contributed by atoms with Gasteiger partial charge in [-0.1, -0.05) is 0 Å². The van der Waals surface area contributed by atoms with Crippen LogP contribution in [0.4, 0.5) is 0 Å². The molecule has 0 unspecified atom stereocenters. The topological polar surface area (TPSA) is 30.2 Å². The molecule has 4 heteroatoms. The number of ketones is 1. The van der Waals surface area contributed by atoms with Crippen molar-refractivity contribution in [2.45, 2.75) is 12.8 Å². The molecule has 2 rings (SSSR count). The number of carbonyl (C=O) groups is 1. The third-order valence-corrected chi connectivity index (χ3v) is 4.92. The largest absolute Gasteiger partial charge is 0.465 e. The summed E-state index contributed by atoms with van der Waals surface area (Å²) in [6, 6.07) is 3.70. The zero-order valence-electron chi connectivity index (χ0n) is 9.86. The maximum atomic E-state index is 12.2. The first-order valence-electron chi connectivity index (χ1n) is 5.36. The molecule has 1 aromatic heterocycles. The van der Waals surface area contributed by atoms with E-state index < -0.39 is 0 Å². The molecule has 90 valence electrons. The van der Waals surface area contributed by atoms with Crippen molar-refractivity contribution in [3.63, 3.8) is 0 Å². The molecule has 1 fully saturated rings. The summed E-state index contributed by atoms with van der Waals surface area (Å²) >= 11 is 3.30. The Kier molecular flexibility index (Phi) is 4.18. The number of furan rings is 1. The summed E-state index contributed by atoms with van der Waals surface area (Å²) in [7, 11) is 0. The zero-order chi connectivity index (χ0) is 12.3. The number of hydrogen-bond acceptors (Lipinski definition) is 4. The van der Waals surface area contributed by atoms with Crippen molar-refractivity contribution < 1.29 is 9.21 Å². The van der Waals surface area contributed by atoms with Gasteiger partial charge in [0.15, 0.2) is 5.78 Å². The monoisotopic (exact) mass is 266 g/mol. The molecular formula is C13H14O2S2. The molecule has 0 N–H and O–H groups in total. The summed E-state index contributed by atoms with van der Waals surface area (Å²) in [5, 5.41) is 0. The molecular weight excluding hydrogens is 252 g/mol. The number of thioether (sulfide) groups is 2. The molecule has 0 radical (unpaired) electrons. The van der Waals surface area contributed by atoms with E-state index in [1.54, 1.807) is 29.8 Å². The Balaban J connectivity index is 2.27. The molecule has 0 aliphatic heterocycles. The Hall–Kier alpha value is -0.870. The van der Waals surface area contributed by atoms with E-state index in [9.17, 15) is 4.79 Å². The van der Waals surface area contributed by atoms with E-state index in [-0.39, 0.29) is 5.78 Å². The third-order valence-electron chi connectivity index (χ3n) is 2.69. The number of Topliss-reactive ketones (excluding diaryl/α,β-unsaturated/α-hetero) is 1. The van der Waals surface area contributed by atoms with E-state index in [0.29, 0.717) is 0 Å². The summed E-state index contributed by atoms with van der Waals surface area (Å²) in [6.45, 7) is 0. The summed E-state index contributed by atoms with van der Waals surface area (Å²) in [6.07, 6.45) is 9.17. The molecule has 0 amide bonds. The van der Waals surface area contributed by atoms with Gasteiger partial charge in [-0.05, 0) is 43.6 Å². The van der Waals surface area contributed by atoms with Crippen LogP contribution >= 0.6 is 23.5 Å². The van der Waals surface area contributed by atoms with Gasteiger partial charge in [-0.15, -0.1) is 23.5 Å². The lowest BCUT2D eigenvalue weighted by molar-refractivity contribution is -0.111. The molecule has 0 bridgehead atoms. The number of allylic oxidation sites excluding steroid dienone is 2.